The Kier molecular flexibility index (Phi) is 6.95. The van der Waals surface area contributed by atoms with Crippen LogP contribution in [-0.4, -0.2) is 64.8 Å². The fraction of sp³-hybridized carbons (Fsp3) is 0.640. The molecule has 1 spiro atoms. The number of esters is 1. The van der Waals surface area contributed by atoms with E-state index in [0.29, 0.717) is 30.0 Å². The number of amides is 2. The molecule has 3 saturated heterocycles. The average molecular weight is 493 g/mol. The Morgan fingerprint density at radius 3 is 2.74 bits per heavy atom. The van der Waals surface area contributed by atoms with Crippen LogP contribution in [0, 0.1) is 24.7 Å². The van der Waals surface area contributed by atoms with E-state index in [-0.39, 0.29) is 25.0 Å². The molecule has 0 radical (unpaired) electrons. The topological polar surface area (TPSA) is 105 Å². The molecular weight excluding hydrogens is 460 g/mol. The van der Waals surface area contributed by atoms with Gasteiger partial charge >= 0.3 is 5.97 Å². The second kappa shape index (κ2) is 9.47. The average Bonchev–Trinajstić information content (AvgIpc) is 3.42. The van der Waals surface area contributed by atoms with Crippen LogP contribution >= 0.6 is 11.6 Å². The smallest absolute Gasteiger partial charge is 0.312 e. The zero-order chi connectivity index (χ0) is 24.8. The highest BCUT2D eigenvalue weighted by molar-refractivity contribution is 6.34. The molecule has 4 rings (SSSR count). The second-order valence-corrected chi connectivity index (χ2v) is 10.3. The number of hydrogen-bond acceptors (Lipinski definition) is 6. The molecule has 9 heteroatoms. The Bertz CT molecular complexity index is 964. The van der Waals surface area contributed by atoms with Crippen molar-refractivity contribution in [1.29, 1.82) is 0 Å². The number of carbonyl (C=O) groups is 3. The molecule has 3 heterocycles. The van der Waals surface area contributed by atoms with Gasteiger partial charge in [0.15, 0.2) is 0 Å². The molecule has 2 bridgehead atoms. The maximum Gasteiger partial charge on any atom is 0.312 e. The number of aliphatic hydroxyl groups is 1. The van der Waals surface area contributed by atoms with Gasteiger partial charge in [0.2, 0.25) is 11.8 Å². The van der Waals surface area contributed by atoms with Crippen LogP contribution in [0.1, 0.15) is 45.6 Å². The van der Waals surface area contributed by atoms with E-state index in [0.717, 1.165) is 5.56 Å². The number of aryl methyl sites for hydroxylation is 1. The molecule has 0 aliphatic carbocycles. The van der Waals surface area contributed by atoms with Crippen molar-refractivity contribution in [1.82, 2.24) is 4.90 Å². The number of carbonyl (C=O) groups excluding carboxylic acids is 3. The number of fused-ring (bicyclic) bond motifs is 1. The van der Waals surface area contributed by atoms with Crippen molar-refractivity contribution in [2.75, 3.05) is 18.5 Å². The van der Waals surface area contributed by atoms with E-state index in [9.17, 15) is 19.5 Å². The van der Waals surface area contributed by atoms with Crippen LogP contribution in [0.4, 0.5) is 5.69 Å². The number of nitrogens with one attached hydrogen (secondary N) is 1. The van der Waals surface area contributed by atoms with E-state index < -0.39 is 47.5 Å². The van der Waals surface area contributed by atoms with Crippen molar-refractivity contribution in [3.8, 4) is 0 Å². The monoisotopic (exact) mass is 492 g/mol. The summed E-state index contributed by atoms with van der Waals surface area (Å²) in [5.74, 6) is -2.65. The molecule has 8 nitrogen and oxygen atoms in total. The van der Waals surface area contributed by atoms with Gasteiger partial charge in [-0.2, -0.15) is 0 Å². The first kappa shape index (κ1) is 24.9. The summed E-state index contributed by atoms with van der Waals surface area (Å²) in [6.07, 6.45) is 1.07. The molecule has 2 N–H and O–H groups in total. The number of hydrogen-bond donors (Lipinski definition) is 2. The van der Waals surface area contributed by atoms with E-state index in [1.54, 1.807) is 19.1 Å². The Hall–Kier alpha value is -2.16. The first-order valence-corrected chi connectivity index (χ1v) is 12.4. The maximum absolute atomic E-state index is 13.9. The number of halogens is 1. The van der Waals surface area contributed by atoms with Crippen LogP contribution < -0.4 is 5.32 Å². The van der Waals surface area contributed by atoms with Gasteiger partial charge in [0, 0.05) is 0 Å². The van der Waals surface area contributed by atoms with E-state index in [2.05, 4.69) is 5.32 Å². The van der Waals surface area contributed by atoms with Gasteiger partial charge in [0.05, 0.1) is 47.9 Å². The lowest BCUT2D eigenvalue weighted by atomic mass is 9.70. The summed E-state index contributed by atoms with van der Waals surface area (Å²) in [7, 11) is 0. The number of para-hydroxylation sites is 1. The normalized spacial score (nSPS) is 30.6. The van der Waals surface area contributed by atoms with Gasteiger partial charge in [-0.3, -0.25) is 14.4 Å². The summed E-state index contributed by atoms with van der Waals surface area (Å²) in [6, 6.07) is 3.74. The molecule has 34 heavy (non-hydrogen) atoms. The van der Waals surface area contributed by atoms with Crippen LogP contribution in [0.2, 0.25) is 5.02 Å². The van der Waals surface area contributed by atoms with Crippen LogP contribution in [0.25, 0.3) is 0 Å². The summed E-state index contributed by atoms with van der Waals surface area (Å²) in [5, 5.41) is 13.6. The third-order valence-electron chi connectivity index (χ3n) is 7.36. The van der Waals surface area contributed by atoms with Gasteiger partial charge < -0.3 is 24.8 Å². The van der Waals surface area contributed by atoms with Gasteiger partial charge in [-0.05, 0) is 50.7 Å². The summed E-state index contributed by atoms with van der Waals surface area (Å²) in [5.41, 5.74) is 0.107. The molecule has 3 fully saturated rings. The molecule has 186 valence electrons. The third-order valence-corrected chi connectivity index (χ3v) is 7.68. The van der Waals surface area contributed by atoms with Gasteiger partial charge in [-0.15, -0.1) is 0 Å². The maximum atomic E-state index is 13.9. The van der Waals surface area contributed by atoms with E-state index in [4.69, 9.17) is 21.1 Å². The number of ether oxygens (including phenoxy) is 2. The fourth-order valence-corrected chi connectivity index (χ4v) is 6.36. The van der Waals surface area contributed by atoms with Crippen LogP contribution in [-0.2, 0) is 23.9 Å². The lowest BCUT2D eigenvalue weighted by Gasteiger charge is -2.37. The van der Waals surface area contributed by atoms with E-state index >= 15 is 0 Å². The molecule has 1 aromatic carbocycles. The number of likely N-dealkylation sites (tertiary alicyclic amines) is 1. The SMILES string of the molecule is CCOC(=O)[C@@H]1[C@@H]2CCC3(O2)C(C(=O)Nc2c(C)cccc2Cl)N([C@@H](CO)CC(C)C)C(=O)[C@H]13. The molecule has 6 atom stereocenters. The summed E-state index contributed by atoms with van der Waals surface area (Å²) >= 11 is 6.36. The fourth-order valence-electron chi connectivity index (χ4n) is 6.09. The Morgan fingerprint density at radius 1 is 1.38 bits per heavy atom. The summed E-state index contributed by atoms with van der Waals surface area (Å²) < 4.78 is 11.6. The molecule has 2 unspecified atom stereocenters. The highest BCUT2D eigenvalue weighted by Gasteiger charge is 2.75. The van der Waals surface area contributed by atoms with Crippen molar-refractivity contribution in [3.63, 3.8) is 0 Å². The van der Waals surface area contributed by atoms with Crippen molar-refractivity contribution in [3.05, 3.63) is 28.8 Å². The quantitative estimate of drug-likeness (QED) is 0.540. The minimum atomic E-state index is -1.15. The third kappa shape index (κ3) is 3.89. The van der Waals surface area contributed by atoms with E-state index in [1.165, 1.54) is 4.90 Å². The Balaban J connectivity index is 1.77. The number of rotatable bonds is 8. The minimum Gasteiger partial charge on any atom is -0.466 e. The largest absolute Gasteiger partial charge is 0.466 e. The van der Waals surface area contributed by atoms with E-state index in [1.807, 2.05) is 26.8 Å². The van der Waals surface area contributed by atoms with Crippen LogP contribution in [0.15, 0.2) is 18.2 Å². The zero-order valence-electron chi connectivity index (χ0n) is 20.0. The molecule has 0 aromatic heterocycles. The highest BCUT2D eigenvalue weighted by atomic mass is 35.5. The Labute approximate surface area is 204 Å². The van der Waals surface area contributed by atoms with Gasteiger partial charge in [-0.25, -0.2) is 0 Å². The lowest BCUT2D eigenvalue weighted by molar-refractivity contribution is -0.155. The molecule has 3 aliphatic rings. The number of nitrogens with zero attached hydrogens (tertiary/aromatic N) is 1. The van der Waals surface area contributed by atoms with Gasteiger partial charge in [0.1, 0.15) is 11.6 Å². The van der Waals surface area contributed by atoms with Gasteiger partial charge in [0.25, 0.3) is 0 Å². The van der Waals surface area contributed by atoms with Crippen molar-refractivity contribution in [2.45, 2.75) is 70.7 Å². The van der Waals surface area contributed by atoms with Crippen molar-refractivity contribution < 1.29 is 29.0 Å². The first-order valence-electron chi connectivity index (χ1n) is 12.0. The summed E-state index contributed by atoms with van der Waals surface area (Å²) in [4.78, 5) is 42.1. The lowest BCUT2D eigenvalue weighted by Crippen LogP contribution is -2.56. The van der Waals surface area contributed by atoms with Crippen LogP contribution in [0.5, 0.6) is 0 Å². The summed E-state index contributed by atoms with van der Waals surface area (Å²) in [6.45, 7) is 7.44. The van der Waals surface area contributed by atoms with Crippen LogP contribution in [0.3, 0.4) is 0 Å². The minimum absolute atomic E-state index is 0.176. The molecule has 2 amide bonds. The highest BCUT2D eigenvalue weighted by Crippen LogP contribution is 2.59. The number of benzene rings is 1. The first-order chi connectivity index (χ1) is 16.2. The number of aliphatic hydroxyl groups excluding tert-OH is 1. The predicted octanol–water partition coefficient (Wildman–Crippen LogP) is 2.93. The Morgan fingerprint density at radius 2 is 2.12 bits per heavy atom. The zero-order valence-corrected chi connectivity index (χ0v) is 20.8. The van der Waals surface area contributed by atoms with Crippen molar-refractivity contribution in [2.24, 2.45) is 17.8 Å². The molecular formula is C25H33ClN2O6. The number of anilines is 1. The molecule has 3 aliphatic heterocycles. The van der Waals surface area contributed by atoms with Crippen molar-refractivity contribution >= 4 is 35.1 Å². The predicted molar refractivity (Wildman–Crippen MR) is 126 cm³/mol. The molecule has 0 saturated carbocycles. The second-order valence-electron chi connectivity index (χ2n) is 9.94. The molecule has 1 aromatic rings. The standard InChI is InChI=1S/C25H33ClN2O6/c1-5-33-24(32)18-17-9-10-25(34-17)19(18)23(31)28(15(12-29)11-13(2)3)21(25)22(30)27-20-14(4)7-6-8-16(20)26/h6-8,13,15,17-19,21,29H,5,9-12H2,1-4H3,(H,27,30)/t15-,17+,18-,19+,21?,25?/m1/s1. The van der Waals surface area contributed by atoms with Gasteiger partial charge in [-0.1, -0.05) is 37.6 Å².